The van der Waals surface area contributed by atoms with Crippen molar-refractivity contribution < 1.29 is 9.53 Å². The molecule has 4 heteroatoms. The van der Waals surface area contributed by atoms with E-state index in [1.807, 2.05) is 20.8 Å². The summed E-state index contributed by atoms with van der Waals surface area (Å²) in [5.74, 6) is -0.122. The number of likely N-dealkylation sites (N-methyl/N-ethyl adjacent to an activating group) is 1. The topological polar surface area (TPSA) is 41.6 Å². The van der Waals surface area contributed by atoms with E-state index in [0.29, 0.717) is 18.7 Å². The molecule has 0 saturated carbocycles. The van der Waals surface area contributed by atoms with Gasteiger partial charge in [0.15, 0.2) is 0 Å². The van der Waals surface area contributed by atoms with E-state index in [-0.39, 0.29) is 5.97 Å². The molecule has 1 N–H and O–H groups in total. The molecule has 1 saturated heterocycles. The average molecular weight is 298 g/mol. The van der Waals surface area contributed by atoms with Crippen molar-refractivity contribution in [3.8, 4) is 0 Å². The summed E-state index contributed by atoms with van der Waals surface area (Å²) in [7, 11) is 0. The van der Waals surface area contributed by atoms with Crippen LogP contribution < -0.4 is 5.32 Å². The van der Waals surface area contributed by atoms with Gasteiger partial charge in [0.25, 0.3) is 0 Å². The maximum absolute atomic E-state index is 12.3. The SMILES string of the molecule is CCNC(C)(CC(C)N1CCCCC1CC)C(=O)OCC. The van der Waals surface area contributed by atoms with Crippen LogP contribution in [0.5, 0.6) is 0 Å². The maximum Gasteiger partial charge on any atom is 0.326 e. The van der Waals surface area contributed by atoms with E-state index in [1.54, 1.807) is 0 Å². The molecule has 0 aromatic carbocycles. The first kappa shape index (κ1) is 18.4. The highest BCUT2D eigenvalue weighted by Crippen LogP contribution is 2.26. The molecule has 4 nitrogen and oxygen atoms in total. The first-order valence-corrected chi connectivity index (χ1v) is 8.66. The molecule has 3 atom stereocenters. The maximum atomic E-state index is 12.3. The lowest BCUT2D eigenvalue weighted by molar-refractivity contribution is -0.151. The third-order valence-corrected chi connectivity index (χ3v) is 4.71. The van der Waals surface area contributed by atoms with Gasteiger partial charge < -0.3 is 10.1 Å². The Morgan fingerprint density at radius 2 is 2.10 bits per heavy atom. The van der Waals surface area contributed by atoms with Gasteiger partial charge >= 0.3 is 5.97 Å². The highest BCUT2D eigenvalue weighted by molar-refractivity contribution is 5.80. The number of piperidine rings is 1. The quantitative estimate of drug-likeness (QED) is 0.700. The van der Waals surface area contributed by atoms with Crippen molar-refractivity contribution in [1.29, 1.82) is 0 Å². The van der Waals surface area contributed by atoms with Crippen molar-refractivity contribution in [2.75, 3.05) is 19.7 Å². The minimum atomic E-state index is -0.583. The molecule has 1 fully saturated rings. The van der Waals surface area contributed by atoms with E-state index in [1.165, 1.54) is 25.7 Å². The van der Waals surface area contributed by atoms with E-state index in [2.05, 4.69) is 24.1 Å². The zero-order valence-electron chi connectivity index (χ0n) is 14.6. The van der Waals surface area contributed by atoms with E-state index in [4.69, 9.17) is 4.74 Å². The Labute approximate surface area is 130 Å². The lowest BCUT2D eigenvalue weighted by Crippen LogP contribution is -2.56. The van der Waals surface area contributed by atoms with Crippen molar-refractivity contribution in [3.63, 3.8) is 0 Å². The van der Waals surface area contributed by atoms with E-state index >= 15 is 0 Å². The zero-order chi connectivity index (χ0) is 15.9. The average Bonchev–Trinajstić information content (AvgIpc) is 2.47. The van der Waals surface area contributed by atoms with Gasteiger partial charge in [-0.15, -0.1) is 0 Å². The first-order valence-electron chi connectivity index (χ1n) is 8.66. The van der Waals surface area contributed by atoms with Crippen molar-refractivity contribution >= 4 is 5.97 Å². The van der Waals surface area contributed by atoms with Crippen LogP contribution in [0.1, 0.15) is 66.7 Å². The molecule has 124 valence electrons. The summed E-state index contributed by atoms with van der Waals surface area (Å²) in [5, 5.41) is 3.35. The number of nitrogens with one attached hydrogen (secondary N) is 1. The van der Waals surface area contributed by atoms with Gasteiger partial charge in [0.05, 0.1) is 6.61 Å². The minimum absolute atomic E-state index is 0.122. The van der Waals surface area contributed by atoms with Gasteiger partial charge in [-0.1, -0.05) is 20.3 Å². The number of hydrogen-bond donors (Lipinski definition) is 1. The standard InChI is InChI=1S/C17H34N2O2/c1-6-15-11-9-10-12-19(15)14(4)13-17(5,18-7-2)16(20)21-8-3/h14-15,18H,6-13H2,1-5H3. The van der Waals surface area contributed by atoms with Gasteiger partial charge in [-0.05, 0) is 59.5 Å². The van der Waals surface area contributed by atoms with Gasteiger partial charge in [-0.2, -0.15) is 0 Å². The van der Waals surface area contributed by atoms with Crippen LogP contribution in [0.4, 0.5) is 0 Å². The lowest BCUT2D eigenvalue weighted by Gasteiger charge is -2.42. The Balaban J connectivity index is 2.74. The van der Waals surface area contributed by atoms with E-state index in [0.717, 1.165) is 19.5 Å². The summed E-state index contributed by atoms with van der Waals surface area (Å²) in [6.45, 7) is 12.8. The van der Waals surface area contributed by atoms with Crippen molar-refractivity contribution in [2.45, 2.75) is 84.3 Å². The summed E-state index contributed by atoms with van der Waals surface area (Å²) in [6, 6.07) is 1.06. The molecule has 1 aliphatic rings. The summed E-state index contributed by atoms with van der Waals surface area (Å²) >= 11 is 0. The summed E-state index contributed by atoms with van der Waals surface area (Å²) in [5.41, 5.74) is -0.583. The predicted octanol–water partition coefficient (Wildman–Crippen LogP) is 2.96. The number of carbonyl (C=O) groups excluding carboxylic acids is 1. The van der Waals surface area contributed by atoms with Gasteiger partial charge in [0.1, 0.15) is 5.54 Å². The molecule has 3 unspecified atom stereocenters. The molecule has 21 heavy (non-hydrogen) atoms. The largest absolute Gasteiger partial charge is 0.465 e. The van der Waals surface area contributed by atoms with Crippen LogP contribution in [0.25, 0.3) is 0 Å². The molecule has 0 aromatic heterocycles. The number of carbonyl (C=O) groups is 1. The molecular weight excluding hydrogens is 264 g/mol. The second-order valence-corrected chi connectivity index (χ2v) is 6.43. The van der Waals surface area contributed by atoms with Crippen LogP contribution in [0.15, 0.2) is 0 Å². The fourth-order valence-electron chi connectivity index (χ4n) is 3.66. The normalized spacial score (nSPS) is 24.3. The fraction of sp³-hybridized carbons (Fsp3) is 0.941. The summed E-state index contributed by atoms with van der Waals surface area (Å²) < 4.78 is 5.28. The number of ether oxygens (including phenoxy) is 1. The van der Waals surface area contributed by atoms with Gasteiger partial charge in [-0.3, -0.25) is 9.69 Å². The predicted molar refractivity (Wildman–Crippen MR) is 87.4 cm³/mol. The molecule has 1 rings (SSSR count). The third-order valence-electron chi connectivity index (χ3n) is 4.71. The Bertz CT molecular complexity index is 322. The number of esters is 1. The summed E-state index contributed by atoms with van der Waals surface area (Å²) in [6.07, 6.45) is 5.90. The fourth-order valence-corrected chi connectivity index (χ4v) is 3.66. The van der Waals surface area contributed by atoms with Crippen LogP contribution in [-0.4, -0.2) is 48.2 Å². The van der Waals surface area contributed by atoms with Crippen LogP contribution in [0, 0.1) is 0 Å². The van der Waals surface area contributed by atoms with Crippen molar-refractivity contribution in [3.05, 3.63) is 0 Å². The molecule has 1 heterocycles. The monoisotopic (exact) mass is 298 g/mol. The molecule has 0 aliphatic carbocycles. The van der Waals surface area contributed by atoms with Gasteiger partial charge in [0.2, 0.25) is 0 Å². The highest BCUT2D eigenvalue weighted by Gasteiger charge is 2.38. The highest BCUT2D eigenvalue weighted by atomic mass is 16.5. The van der Waals surface area contributed by atoms with Crippen LogP contribution >= 0.6 is 0 Å². The van der Waals surface area contributed by atoms with Gasteiger partial charge in [-0.25, -0.2) is 0 Å². The molecule has 0 bridgehead atoms. The first-order chi connectivity index (χ1) is 9.98. The molecule has 0 aromatic rings. The van der Waals surface area contributed by atoms with Crippen molar-refractivity contribution in [2.24, 2.45) is 0 Å². The second kappa shape index (κ2) is 8.74. The number of rotatable bonds is 8. The Hall–Kier alpha value is -0.610. The molecule has 0 amide bonds. The van der Waals surface area contributed by atoms with Crippen LogP contribution in [0.3, 0.4) is 0 Å². The third kappa shape index (κ3) is 4.96. The number of nitrogens with zero attached hydrogens (tertiary/aromatic N) is 1. The summed E-state index contributed by atoms with van der Waals surface area (Å²) in [4.78, 5) is 14.9. The van der Waals surface area contributed by atoms with Crippen LogP contribution in [0.2, 0.25) is 0 Å². The molecular formula is C17H34N2O2. The second-order valence-electron chi connectivity index (χ2n) is 6.43. The smallest absolute Gasteiger partial charge is 0.326 e. The Kier molecular flexibility index (Phi) is 7.67. The Morgan fingerprint density at radius 3 is 2.67 bits per heavy atom. The minimum Gasteiger partial charge on any atom is -0.465 e. The van der Waals surface area contributed by atoms with E-state index in [9.17, 15) is 4.79 Å². The number of likely N-dealkylation sites (tertiary alicyclic amines) is 1. The van der Waals surface area contributed by atoms with Crippen molar-refractivity contribution in [1.82, 2.24) is 10.2 Å². The molecule has 1 aliphatic heterocycles. The zero-order valence-corrected chi connectivity index (χ0v) is 14.6. The van der Waals surface area contributed by atoms with Gasteiger partial charge in [0, 0.05) is 12.1 Å². The van der Waals surface area contributed by atoms with E-state index < -0.39 is 5.54 Å². The lowest BCUT2D eigenvalue weighted by atomic mass is 9.89. The molecule has 0 spiro atoms. The Morgan fingerprint density at radius 1 is 1.38 bits per heavy atom. The molecule has 0 radical (unpaired) electrons. The number of hydrogen-bond acceptors (Lipinski definition) is 4. The van der Waals surface area contributed by atoms with Crippen LogP contribution in [-0.2, 0) is 9.53 Å².